The first-order valence-electron chi connectivity index (χ1n) is 6.78. The van der Waals surface area contributed by atoms with Crippen molar-refractivity contribution in [3.8, 4) is 0 Å². The molecular formula is C14H25N3O2S. The first-order valence-corrected chi connectivity index (χ1v) is 8.22. The lowest BCUT2D eigenvalue weighted by molar-refractivity contribution is 0.271. The number of hydrogen-bond donors (Lipinski definition) is 1. The lowest BCUT2D eigenvalue weighted by Gasteiger charge is -2.29. The van der Waals surface area contributed by atoms with E-state index < -0.39 is 10.0 Å². The fraction of sp³-hybridized carbons (Fsp3) is 0.571. The van der Waals surface area contributed by atoms with Gasteiger partial charge in [0.2, 0.25) is 10.0 Å². The van der Waals surface area contributed by atoms with Gasteiger partial charge in [-0.15, -0.1) is 0 Å². The average Bonchev–Trinajstić information content (AvgIpc) is 2.38. The monoisotopic (exact) mass is 299 g/mol. The lowest BCUT2D eigenvalue weighted by Crippen LogP contribution is -2.43. The molecule has 0 aliphatic carbocycles. The number of rotatable bonds is 7. The van der Waals surface area contributed by atoms with Gasteiger partial charge in [0.05, 0.1) is 4.90 Å². The third kappa shape index (κ3) is 4.02. The second-order valence-electron chi connectivity index (χ2n) is 5.17. The van der Waals surface area contributed by atoms with Crippen LogP contribution in [0.15, 0.2) is 29.2 Å². The smallest absolute Gasteiger partial charge is 0.243 e. The van der Waals surface area contributed by atoms with Crippen molar-refractivity contribution < 1.29 is 8.42 Å². The van der Waals surface area contributed by atoms with Gasteiger partial charge in [-0.05, 0) is 38.7 Å². The summed E-state index contributed by atoms with van der Waals surface area (Å²) in [6.45, 7) is 5.25. The summed E-state index contributed by atoms with van der Waals surface area (Å²) in [5.41, 5.74) is 6.40. The van der Waals surface area contributed by atoms with Gasteiger partial charge in [-0.3, -0.25) is 0 Å². The molecule has 0 amide bonds. The van der Waals surface area contributed by atoms with Crippen LogP contribution in [-0.4, -0.2) is 50.8 Å². The van der Waals surface area contributed by atoms with E-state index in [0.717, 1.165) is 5.56 Å². The zero-order valence-electron chi connectivity index (χ0n) is 12.7. The van der Waals surface area contributed by atoms with Crippen molar-refractivity contribution in [2.75, 3.05) is 27.2 Å². The SMILES string of the molecule is CCN(C(C)CN(C)C)S(=O)(=O)c1cccc(CN)c1. The van der Waals surface area contributed by atoms with E-state index in [1.54, 1.807) is 18.2 Å². The molecule has 0 fully saturated rings. The molecule has 0 aliphatic rings. The van der Waals surface area contributed by atoms with Crippen LogP contribution in [0.3, 0.4) is 0 Å². The molecule has 0 aliphatic heterocycles. The van der Waals surface area contributed by atoms with Crippen LogP contribution in [0.5, 0.6) is 0 Å². The number of nitrogens with zero attached hydrogens (tertiary/aromatic N) is 2. The maximum absolute atomic E-state index is 12.7. The Balaban J connectivity index is 3.11. The molecule has 114 valence electrons. The number of benzene rings is 1. The number of likely N-dealkylation sites (N-methyl/N-ethyl adjacent to an activating group) is 2. The number of nitrogens with two attached hydrogens (primary N) is 1. The molecular weight excluding hydrogens is 274 g/mol. The van der Waals surface area contributed by atoms with E-state index in [-0.39, 0.29) is 6.04 Å². The second kappa shape index (κ2) is 7.17. The minimum absolute atomic E-state index is 0.0819. The first-order chi connectivity index (χ1) is 9.32. The van der Waals surface area contributed by atoms with Crippen LogP contribution in [0.1, 0.15) is 19.4 Å². The lowest BCUT2D eigenvalue weighted by atomic mass is 10.2. The molecule has 0 radical (unpaired) electrons. The molecule has 20 heavy (non-hydrogen) atoms. The Labute approximate surface area is 122 Å². The van der Waals surface area contributed by atoms with E-state index in [0.29, 0.717) is 24.5 Å². The molecule has 0 saturated heterocycles. The molecule has 6 heteroatoms. The molecule has 0 saturated carbocycles. The zero-order chi connectivity index (χ0) is 15.3. The third-order valence-electron chi connectivity index (χ3n) is 3.17. The van der Waals surface area contributed by atoms with Gasteiger partial charge in [-0.1, -0.05) is 19.1 Å². The molecule has 1 aromatic carbocycles. The maximum atomic E-state index is 12.7. The predicted octanol–water partition coefficient (Wildman–Crippen LogP) is 1.11. The van der Waals surface area contributed by atoms with Crippen molar-refractivity contribution in [3.05, 3.63) is 29.8 Å². The van der Waals surface area contributed by atoms with Crippen LogP contribution < -0.4 is 5.73 Å². The summed E-state index contributed by atoms with van der Waals surface area (Å²) in [5, 5.41) is 0. The van der Waals surface area contributed by atoms with E-state index in [2.05, 4.69) is 0 Å². The van der Waals surface area contributed by atoms with E-state index in [1.807, 2.05) is 38.9 Å². The summed E-state index contributed by atoms with van der Waals surface area (Å²) in [7, 11) is 0.396. The van der Waals surface area contributed by atoms with Crippen LogP contribution in [0.2, 0.25) is 0 Å². The van der Waals surface area contributed by atoms with Gasteiger partial charge >= 0.3 is 0 Å². The van der Waals surface area contributed by atoms with Gasteiger partial charge in [0, 0.05) is 25.7 Å². The van der Waals surface area contributed by atoms with Crippen LogP contribution in [-0.2, 0) is 16.6 Å². The summed E-state index contributed by atoms with van der Waals surface area (Å²) in [6.07, 6.45) is 0. The highest BCUT2D eigenvalue weighted by Gasteiger charge is 2.27. The fourth-order valence-electron chi connectivity index (χ4n) is 2.31. The van der Waals surface area contributed by atoms with Crippen LogP contribution >= 0.6 is 0 Å². The summed E-state index contributed by atoms with van der Waals surface area (Å²) >= 11 is 0. The standard InChI is InChI=1S/C14H25N3O2S/c1-5-17(12(2)11-16(3)4)20(18,19)14-8-6-7-13(9-14)10-15/h6-9,12H,5,10-11,15H2,1-4H3. The molecule has 5 nitrogen and oxygen atoms in total. The Kier molecular flexibility index (Phi) is 6.13. The highest BCUT2D eigenvalue weighted by atomic mass is 32.2. The van der Waals surface area contributed by atoms with Crippen LogP contribution in [0.4, 0.5) is 0 Å². The molecule has 0 aromatic heterocycles. The predicted molar refractivity (Wildman–Crippen MR) is 81.9 cm³/mol. The van der Waals surface area contributed by atoms with Crippen molar-refractivity contribution in [1.82, 2.24) is 9.21 Å². The molecule has 0 bridgehead atoms. The third-order valence-corrected chi connectivity index (χ3v) is 5.26. The molecule has 0 spiro atoms. The van der Waals surface area contributed by atoms with Crippen molar-refractivity contribution in [2.24, 2.45) is 5.73 Å². The van der Waals surface area contributed by atoms with Gasteiger partial charge in [0.1, 0.15) is 0 Å². The van der Waals surface area contributed by atoms with Gasteiger partial charge in [0.15, 0.2) is 0 Å². The highest BCUT2D eigenvalue weighted by Crippen LogP contribution is 2.19. The number of sulfonamides is 1. The Morgan fingerprint density at radius 2 is 1.95 bits per heavy atom. The topological polar surface area (TPSA) is 66.6 Å². The summed E-state index contributed by atoms with van der Waals surface area (Å²) in [5.74, 6) is 0. The second-order valence-corrected chi connectivity index (χ2v) is 7.06. The summed E-state index contributed by atoms with van der Waals surface area (Å²) in [4.78, 5) is 2.30. The highest BCUT2D eigenvalue weighted by molar-refractivity contribution is 7.89. The van der Waals surface area contributed by atoms with Gasteiger partial charge < -0.3 is 10.6 Å². The average molecular weight is 299 g/mol. The van der Waals surface area contributed by atoms with Crippen molar-refractivity contribution in [1.29, 1.82) is 0 Å². The molecule has 1 unspecified atom stereocenters. The van der Waals surface area contributed by atoms with Crippen molar-refractivity contribution in [3.63, 3.8) is 0 Å². The van der Waals surface area contributed by atoms with Gasteiger partial charge in [-0.25, -0.2) is 8.42 Å². The quantitative estimate of drug-likeness (QED) is 0.819. The van der Waals surface area contributed by atoms with E-state index in [4.69, 9.17) is 5.73 Å². The summed E-state index contributed by atoms with van der Waals surface area (Å²) < 4.78 is 27.0. The Morgan fingerprint density at radius 1 is 1.30 bits per heavy atom. The zero-order valence-corrected chi connectivity index (χ0v) is 13.5. The van der Waals surface area contributed by atoms with Crippen molar-refractivity contribution in [2.45, 2.75) is 31.3 Å². The summed E-state index contributed by atoms with van der Waals surface area (Å²) in [6, 6.07) is 6.76. The van der Waals surface area contributed by atoms with Crippen molar-refractivity contribution >= 4 is 10.0 Å². The van der Waals surface area contributed by atoms with Gasteiger partial charge in [-0.2, -0.15) is 4.31 Å². The fourth-order valence-corrected chi connectivity index (χ4v) is 4.01. The normalized spacial score (nSPS) is 13.9. The molecule has 1 aromatic rings. The van der Waals surface area contributed by atoms with Gasteiger partial charge in [0.25, 0.3) is 0 Å². The molecule has 2 N–H and O–H groups in total. The molecule has 0 heterocycles. The Bertz CT molecular complexity index is 529. The van der Waals surface area contributed by atoms with E-state index in [9.17, 15) is 8.42 Å². The van der Waals surface area contributed by atoms with Crippen LogP contribution in [0, 0.1) is 0 Å². The number of hydrogen-bond acceptors (Lipinski definition) is 4. The van der Waals surface area contributed by atoms with E-state index >= 15 is 0 Å². The molecule has 1 atom stereocenters. The largest absolute Gasteiger partial charge is 0.326 e. The minimum Gasteiger partial charge on any atom is -0.326 e. The van der Waals surface area contributed by atoms with Crippen LogP contribution in [0.25, 0.3) is 0 Å². The Morgan fingerprint density at radius 3 is 2.45 bits per heavy atom. The minimum atomic E-state index is -3.48. The van der Waals surface area contributed by atoms with E-state index in [1.165, 1.54) is 4.31 Å². The Hall–Kier alpha value is -0.950. The molecule has 1 rings (SSSR count). The maximum Gasteiger partial charge on any atom is 0.243 e. The first kappa shape index (κ1) is 17.1.